The third-order valence-corrected chi connectivity index (χ3v) is 3.79. The molecule has 112 valence electrons. The topological polar surface area (TPSA) is 76.2 Å². The summed E-state index contributed by atoms with van der Waals surface area (Å²) in [5.74, 6) is 0.973. The molecule has 23 heavy (non-hydrogen) atoms. The van der Waals surface area contributed by atoms with E-state index in [0.717, 1.165) is 15.2 Å². The van der Waals surface area contributed by atoms with Crippen LogP contribution < -0.4 is 4.74 Å². The molecule has 3 aromatic carbocycles. The number of benzene rings is 3. The summed E-state index contributed by atoms with van der Waals surface area (Å²) < 4.78 is 6.70. The number of halogens is 1. The van der Waals surface area contributed by atoms with E-state index in [4.69, 9.17) is 10.00 Å². The Bertz CT molecular complexity index is 964. The lowest BCUT2D eigenvalue weighted by atomic mass is 10.1. The van der Waals surface area contributed by atoms with Crippen molar-refractivity contribution in [2.24, 2.45) is 0 Å². The molecule has 5 nitrogen and oxygen atoms in total. The summed E-state index contributed by atoms with van der Waals surface area (Å²) in [4.78, 5) is 10.2. The first-order valence-electron chi connectivity index (χ1n) is 6.62. The smallest absolute Gasteiger partial charge is 0.287 e. The van der Waals surface area contributed by atoms with Crippen molar-refractivity contribution < 1.29 is 9.66 Å². The van der Waals surface area contributed by atoms with Crippen molar-refractivity contribution in [1.82, 2.24) is 0 Å². The van der Waals surface area contributed by atoms with E-state index in [1.165, 1.54) is 18.2 Å². The molecule has 3 rings (SSSR count). The zero-order chi connectivity index (χ0) is 16.4. The fourth-order valence-electron chi connectivity index (χ4n) is 2.22. The lowest BCUT2D eigenvalue weighted by Crippen LogP contribution is -1.93. The second kappa shape index (κ2) is 6.07. The molecule has 3 aromatic rings. The summed E-state index contributed by atoms with van der Waals surface area (Å²) in [6.07, 6.45) is 0. The van der Waals surface area contributed by atoms with E-state index in [0.29, 0.717) is 11.5 Å². The summed E-state index contributed by atoms with van der Waals surface area (Å²) in [6, 6.07) is 17.4. The van der Waals surface area contributed by atoms with Gasteiger partial charge in [-0.3, -0.25) is 10.1 Å². The fraction of sp³-hybridized carbons (Fsp3) is 0. The van der Waals surface area contributed by atoms with Crippen molar-refractivity contribution in [2.75, 3.05) is 0 Å². The van der Waals surface area contributed by atoms with E-state index >= 15 is 0 Å². The van der Waals surface area contributed by atoms with Gasteiger partial charge in [-0.2, -0.15) is 5.26 Å². The monoisotopic (exact) mass is 368 g/mol. The Balaban J connectivity index is 1.94. The third-order valence-electron chi connectivity index (χ3n) is 3.29. The summed E-state index contributed by atoms with van der Waals surface area (Å²) >= 11 is 3.42. The van der Waals surface area contributed by atoms with Crippen molar-refractivity contribution in [3.63, 3.8) is 0 Å². The van der Waals surface area contributed by atoms with Crippen LogP contribution in [0, 0.1) is 21.4 Å². The molecule has 0 heterocycles. The fourth-order valence-corrected chi connectivity index (χ4v) is 2.60. The number of nitro groups is 1. The molecule has 0 aliphatic rings. The van der Waals surface area contributed by atoms with E-state index in [9.17, 15) is 10.1 Å². The molecule has 0 N–H and O–H groups in total. The molecule has 0 aliphatic carbocycles. The molecule has 0 unspecified atom stereocenters. The molecule has 6 heteroatoms. The summed E-state index contributed by atoms with van der Waals surface area (Å²) in [6.45, 7) is 0. The maximum atomic E-state index is 10.8. The van der Waals surface area contributed by atoms with Crippen molar-refractivity contribution >= 4 is 32.4 Å². The molecule has 0 aromatic heterocycles. The highest BCUT2D eigenvalue weighted by Gasteiger charge is 2.14. The Labute approximate surface area is 140 Å². The van der Waals surface area contributed by atoms with Gasteiger partial charge in [-0.25, -0.2) is 0 Å². The zero-order valence-electron chi connectivity index (χ0n) is 11.7. The molecule has 0 amide bonds. The first-order chi connectivity index (χ1) is 11.1. The van der Waals surface area contributed by atoms with Gasteiger partial charge in [-0.15, -0.1) is 0 Å². The second-order valence-electron chi connectivity index (χ2n) is 4.80. The van der Waals surface area contributed by atoms with E-state index in [1.54, 1.807) is 0 Å². The predicted octanol–water partition coefficient (Wildman–Crippen LogP) is 5.17. The molecule has 0 aliphatic heterocycles. The van der Waals surface area contributed by atoms with E-state index in [2.05, 4.69) is 15.9 Å². The average Bonchev–Trinajstić information content (AvgIpc) is 2.54. The van der Waals surface area contributed by atoms with Crippen LogP contribution in [0.2, 0.25) is 0 Å². The molecule has 0 saturated carbocycles. The molecular weight excluding hydrogens is 360 g/mol. The van der Waals surface area contributed by atoms with Crippen LogP contribution in [0.5, 0.6) is 11.5 Å². The number of ether oxygens (including phenoxy) is 1. The van der Waals surface area contributed by atoms with Gasteiger partial charge in [-0.05, 0) is 41.1 Å². The van der Waals surface area contributed by atoms with E-state index in [1.807, 2.05) is 42.5 Å². The Morgan fingerprint density at radius 2 is 1.65 bits per heavy atom. The predicted molar refractivity (Wildman–Crippen MR) is 89.5 cm³/mol. The first-order valence-corrected chi connectivity index (χ1v) is 7.42. The maximum Gasteiger partial charge on any atom is 0.287 e. The minimum Gasteiger partial charge on any atom is -0.457 e. The largest absolute Gasteiger partial charge is 0.457 e. The van der Waals surface area contributed by atoms with Crippen molar-refractivity contribution in [3.8, 4) is 17.6 Å². The standard InChI is InChI=1S/C17H9BrN2O3/c18-14-3-1-12-8-15(4-2-11(12)7-14)23-16-5-6-17(20(21)22)13(9-16)10-19/h1-9H. The summed E-state index contributed by atoms with van der Waals surface area (Å²) in [5, 5.41) is 21.9. The van der Waals surface area contributed by atoms with Gasteiger partial charge in [0.05, 0.1) is 4.92 Å². The van der Waals surface area contributed by atoms with Crippen LogP contribution in [0.4, 0.5) is 5.69 Å². The quantitative estimate of drug-likeness (QED) is 0.471. The van der Waals surface area contributed by atoms with Gasteiger partial charge in [0.15, 0.2) is 0 Å². The Morgan fingerprint density at radius 3 is 2.39 bits per heavy atom. The van der Waals surface area contributed by atoms with Crippen molar-refractivity contribution in [2.45, 2.75) is 0 Å². The summed E-state index contributed by atoms with van der Waals surface area (Å²) in [7, 11) is 0. The number of nitriles is 1. The van der Waals surface area contributed by atoms with Gasteiger partial charge in [0.2, 0.25) is 0 Å². The highest BCUT2D eigenvalue weighted by Crippen LogP contribution is 2.30. The average molecular weight is 369 g/mol. The van der Waals surface area contributed by atoms with Crippen LogP contribution in [0.3, 0.4) is 0 Å². The van der Waals surface area contributed by atoms with Crippen LogP contribution in [0.15, 0.2) is 59.1 Å². The molecule has 0 atom stereocenters. The molecular formula is C17H9BrN2O3. The SMILES string of the molecule is N#Cc1cc(Oc2ccc3cc(Br)ccc3c2)ccc1[N+](=O)[O-]. The lowest BCUT2D eigenvalue weighted by molar-refractivity contribution is -0.385. The van der Waals surface area contributed by atoms with E-state index < -0.39 is 4.92 Å². The highest BCUT2D eigenvalue weighted by atomic mass is 79.9. The van der Waals surface area contributed by atoms with Crippen LogP contribution in [0.1, 0.15) is 5.56 Å². The Kier molecular flexibility index (Phi) is 3.96. The first kappa shape index (κ1) is 15.0. The Morgan fingerprint density at radius 1 is 1.00 bits per heavy atom. The summed E-state index contributed by atoms with van der Waals surface area (Å²) in [5.41, 5.74) is -0.263. The van der Waals surface area contributed by atoms with Crippen molar-refractivity contribution in [3.05, 3.63) is 74.7 Å². The normalized spacial score (nSPS) is 10.3. The molecule has 0 fully saturated rings. The number of hydrogen-bond acceptors (Lipinski definition) is 4. The number of hydrogen-bond donors (Lipinski definition) is 0. The number of nitro benzene ring substituents is 1. The molecule has 0 bridgehead atoms. The number of fused-ring (bicyclic) bond motifs is 1. The van der Waals surface area contributed by atoms with Crippen molar-refractivity contribution in [1.29, 1.82) is 5.26 Å². The molecule has 0 spiro atoms. The highest BCUT2D eigenvalue weighted by molar-refractivity contribution is 9.10. The minimum atomic E-state index is -0.587. The van der Waals surface area contributed by atoms with Crippen LogP contribution in [-0.4, -0.2) is 4.92 Å². The van der Waals surface area contributed by atoms with Gasteiger partial charge in [-0.1, -0.05) is 28.1 Å². The zero-order valence-corrected chi connectivity index (χ0v) is 13.3. The van der Waals surface area contributed by atoms with E-state index in [-0.39, 0.29) is 11.3 Å². The molecule has 0 saturated heterocycles. The lowest BCUT2D eigenvalue weighted by Gasteiger charge is -2.07. The number of nitrogens with zero attached hydrogens (tertiary/aromatic N) is 2. The van der Waals surface area contributed by atoms with Crippen LogP contribution >= 0.6 is 15.9 Å². The van der Waals surface area contributed by atoms with Gasteiger partial charge in [0.1, 0.15) is 23.1 Å². The van der Waals surface area contributed by atoms with Gasteiger partial charge in [0.25, 0.3) is 5.69 Å². The minimum absolute atomic E-state index is 0.0304. The van der Waals surface area contributed by atoms with Gasteiger partial charge in [0, 0.05) is 16.6 Å². The van der Waals surface area contributed by atoms with Crippen LogP contribution in [0.25, 0.3) is 10.8 Å². The maximum absolute atomic E-state index is 10.8. The molecule has 0 radical (unpaired) electrons. The van der Waals surface area contributed by atoms with Gasteiger partial charge < -0.3 is 4.74 Å². The number of rotatable bonds is 3. The van der Waals surface area contributed by atoms with Crippen LogP contribution in [-0.2, 0) is 0 Å². The Hall–Kier alpha value is -2.91. The second-order valence-corrected chi connectivity index (χ2v) is 5.72. The van der Waals surface area contributed by atoms with Gasteiger partial charge >= 0.3 is 0 Å². The third kappa shape index (κ3) is 3.15.